The second-order valence-electron chi connectivity index (χ2n) is 8.04. The standard InChI is InChI=1S/C22H23F3N4O4S/c1-34(32,33)18-12-14(19(30)28-21(26)27)5-6-17(18)13-7-9-29(10-8-13)20(31)15-3-2-4-16(11-15)22(23,24)25/h2-6,11-13H,7-10H2,1H3,(H4,26,27,28,30). The lowest BCUT2D eigenvalue weighted by atomic mass is 9.88. The van der Waals surface area contributed by atoms with Crippen LogP contribution in [0.2, 0.25) is 0 Å². The third-order valence-electron chi connectivity index (χ3n) is 5.58. The molecule has 8 nitrogen and oxygen atoms in total. The number of piperidine rings is 1. The van der Waals surface area contributed by atoms with E-state index in [1.54, 1.807) is 0 Å². The molecular weight excluding hydrogens is 473 g/mol. The number of nitrogens with zero attached hydrogens (tertiary/aromatic N) is 1. The van der Waals surface area contributed by atoms with Crippen LogP contribution < -0.4 is 11.1 Å². The molecule has 2 aromatic carbocycles. The van der Waals surface area contributed by atoms with Crippen LogP contribution in [0.3, 0.4) is 0 Å². The number of guanidine groups is 1. The summed E-state index contributed by atoms with van der Waals surface area (Å²) in [6.45, 7) is 0.463. The van der Waals surface area contributed by atoms with Gasteiger partial charge >= 0.3 is 6.18 Å². The van der Waals surface area contributed by atoms with E-state index in [9.17, 15) is 31.2 Å². The van der Waals surface area contributed by atoms with Gasteiger partial charge in [0.25, 0.3) is 11.8 Å². The second kappa shape index (κ2) is 9.45. The second-order valence-corrected chi connectivity index (χ2v) is 10.0. The predicted molar refractivity (Wildman–Crippen MR) is 118 cm³/mol. The molecule has 0 spiro atoms. The molecule has 1 aliphatic heterocycles. The van der Waals surface area contributed by atoms with Crippen LogP contribution in [0.1, 0.15) is 50.6 Å². The molecule has 34 heavy (non-hydrogen) atoms. The molecule has 1 saturated heterocycles. The summed E-state index contributed by atoms with van der Waals surface area (Å²) in [5.74, 6) is -2.05. The van der Waals surface area contributed by atoms with Gasteiger partial charge in [-0.2, -0.15) is 13.2 Å². The van der Waals surface area contributed by atoms with E-state index in [0.717, 1.165) is 18.4 Å². The molecule has 182 valence electrons. The number of halogens is 3. The number of carbonyl (C=O) groups excluding carboxylic acids is 2. The first kappa shape index (κ1) is 25.2. The molecule has 12 heteroatoms. The van der Waals surface area contributed by atoms with Crippen LogP contribution in [0, 0.1) is 5.41 Å². The van der Waals surface area contributed by atoms with Crippen LogP contribution in [-0.4, -0.2) is 50.4 Å². The van der Waals surface area contributed by atoms with Gasteiger partial charge in [0.1, 0.15) is 0 Å². The third-order valence-corrected chi connectivity index (χ3v) is 6.73. The molecule has 4 N–H and O–H groups in total. The van der Waals surface area contributed by atoms with Crippen molar-refractivity contribution in [2.75, 3.05) is 19.3 Å². The van der Waals surface area contributed by atoms with Gasteiger partial charge in [0, 0.05) is 30.5 Å². The fraction of sp³-hybridized carbons (Fsp3) is 0.318. The van der Waals surface area contributed by atoms with Crippen molar-refractivity contribution >= 4 is 27.6 Å². The van der Waals surface area contributed by atoms with Gasteiger partial charge in [-0.15, -0.1) is 0 Å². The molecule has 0 aromatic heterocycles. The first-order valence-electron chi connectivity index (χ1n) is 10.2. The topological polar surface area (TPSA) is 133 Å². The summed E-state index contributed by atoms with van der Waals surface area (Å²) < 4.78 is 63.7. The minimum absolute atomic E-state index is 0.0246. The lowest BCUT2D eigenvalue weighted by Crippen LogP contribution is -2.38. The van der Waals surface area contributed by atoms with E-state index in [2.05, 4.69) is 5.32 Å². The van der Waals surface area contributed by atoms with Crippen molar-refractivity contribution in [1.29, 1.82) is 5.41 Å². The van der Waals surface area contributed by atoms with Gasteiger partial charge in [-0.25, -0.2) is 8.42 Å². The van der Waals surface area contributed by atoms with E-state index >= 15 is 0 Å². The van der Waals surface area contributed by atoms with Crippen molar-refractivity contribution in [2.24, 2.45) is 5.73 Å². The Labute approximate surface area is 194 Å². The van der Waals surface area contributed by atoms with Crippen LogP contribution in [0.15, 0.2) is 47.4 Å². The molecule has 1 aliphatic rings. The number of alkyl halides is 3. The summed E-state index contributed by atoms with van der Waals surface area (Å²) in [4.78, 5) is 26.3. The van der Waals surface area contributed by atoms with E-state index in [1.165, 1.54) is 35.2 Å². The zero-order valence-corrected chi connectivity index (χ0v) is 19.0. The number of amides is 2. The number of carbonyl (C=O) groups is 2. The van der Waals surface area contributed by atoms with E-state index in [-0.39, 0.29) is 35.0 Å². The van der Waals surface area contributed by atoms with E-state index in [1.807, 2.05) is 0 Å². The largest absolute Gasteiger partial charge is 0.416 e. The highest BCUT2D eigenvalue weighted by molar-refractivity contribution is 7.90. The van der Waals surface area contributed by atoms with Crippen LogP contribution in [0.5, 0.6) is 0 Å². The van der Waals surface area contributed by atoms with Crippen molar-refractivity contribution in [3.8, 4) is 0 Å². The van der Waals surface area contributed by atoms with Crippen molar-refractivity contribution < 1.29 is 31.2 Å². The fourth-order valence-corrected chi connectivity index (χ4v) is 4.94. The SMILES string of the molecule is CS(=O)(=O)c1cc(C(=O)NC(=N)N)ccc1C1CCN(C(=O)c2cccc(C(F)(F)F)c2)CC1. The Morgan fingerprint density at radius 1 is 1.09 bits per heavy atom. The molecule has 0 aliphatic carbocycles. The third kappa shape index (κ3) is 5.74. The highest BCUT2D eigenvalue weighted by Gasteiger charge is 2.32. The number of hydrogen-bond donors (Lipinski definition) is 3. The number of hydrogen-bond acceptors (Lipinski definition) is 5. The molecule has 1 fully saturated rings. The van der Waals surface area contributed by atoms with Crippen molar-refractivity contribution in [3.05, 3.63) is 64.7 Å². The Kier molecular flexibility index (Phi) is 7.01. The zero-order valence-electron chi connectivity index (χ0n) is 18.1. The molecule has 0 atom stereocenters. The Morgan fingerprint density at radius 3 is 2.29 bits per heavy atom. The van der Waals surface area contributed by atoms with E-state index < -0.39 is 39.4 Å². The van der Waals surface area contributed by atoms with E-state index in [0.29, 0.717) is 18.4 Å². The quantitative estimate of drug-likeness (QED) is 0.442. The molecule has 0 saturated carbocycles. The van der Waals surface area contributed by atoms with Crippen molar-refractivity contribution in [3.63, 3.8) is 0 Å². The molecular formula is C22H23F3N4O4S. The summed E-state index contributed by atoms with van der Waals surface area (Å²) in [6, 6.07) is 8.42. The summed E-state index contributed by atoms with van der Waals surface area (Å²) >= 11 is 0. The van der Waals surface area contributed by atoms with Gasteiger partial charge in [-0.3, -0.25) is 20.3 Å². The van der Waals surface area contributed by atoms with E-state index in [4.69, 9.17) is 11.1 Å². The number of nitrogens with one attached hydrogen (secondary N) is 2. The summed E-state index contributed by atoms with van der Waals surface area (Å²) in [5.41, 5.74) is 4.71. The number of sulfone groups is 1. The van der Waals surface area contributed by atoms with Gasteiger partial charge in [0.2, 0.25) is 0 Å². The molecule has 3 rings (SSSR count). The zero-order chi connectivity index (χ0) is 25.3. The maximum atomic E-state index is 13.0. The first-order valence-corrected chi connectivity index (χ1v) is 12.1. The predicted octanol–water partition coefficient (Wildman–Crippen LogP) is 2.75. The average molecular weight is 497 g/mol. The maximum absolute atomic E-state index is 13.0. The first-order chi connectivity index (χ1) is 15.8. The Hall–Kier alpha value is -3.41. The van der Waals surface area contributed by atoms with Gasteiger partial charge in [0.15, 0.2) is 15.8 Å². The van der Waals surface area contributed by atoms with Gasteiger partial charge in [-0.1, -0.05) is 12.1 Å². The lowest BCUT2D eigenvalue weighted by molar-refractivity contribution is -0.137. The Morgan fingerprint density at radius 2 is 1.74 bits per heavy atom. The van der Waals surface area contributed by atoms with Gasteiger partial charge in [-0.05, 0) is 54.7 Å². The molecule has 0 radical (unpaired) electrons. The Bertz CT molecular complexity index is 1240. The number of benzene rings is 2. The van der Waals surface area contributed by atoms with Crippen LogP contribution in [0.4, 0.5) is 13.2 Å². The number of likely N-dealkylation sites (tertiary alicyclic amines) is 1. The summed E-state index contributed by atoms with van der Waals surface area (Å²) in [5, 5.41) is 9.25. The lowest BCUT2D eigenvalue weighted by Gasteiger charge is -2.33. The number of rotatable bonds is 4. The molecule has 2 amide bonds. The van der Waals surface area contributed by atoms with Crippen molar-refractivity contribution in [2.45, 2.75) is 29.8 Å². The molecule has 0 unspecified atom stereocenters. The summed E-state index contributed by atoms with van der Waals surface area (Å²) in [7, 11) is -3.71. The minimum atomic E-state index is -4.56. The van der Waals surface area contributed by atoms with Gasteiger partial charge < -0.3 is 10.6 Å². The average Bonchev–Trinajstić information content (AvgIpc) is 2.77. The molecule has 0 bridgehead atoms. The molecule has 2 aromatic rings. The van der Waals surface area contributed by atoms with Crippen LogP contribution in [0.25, 0.3) is 0 Å². The normalized spacial score (nSPS) is 15.1. The Balaban J connectivity index is 1.79. The van der Waals surface area contributed by atoms with Crippen LogP contribution in [-0.2, 0) is 16.0 Å². The smallest absolute Gasteiger partial charge is 0.370 e. The monoisotopic (exact) mass is 496 g/mol. The summed E-state index contributed by atoms with van der Waals surface area (Å²) in [6.07, 6.45) is -2.75. The number of nitrogens with two attached hydrogens (primary N) is 1. The van der Waals surface area contributed by atoms with Gasteiger partial charge in [0.05, 0.1) is 10.5 Å². The fourth-order valence-electron chi connectivity index (χ4n) is 3.93. The minimum Gasteiger partial charge on any atom is -0.370 e. The van der Waals surface area contributed by atoms with Crippen LogP contribution >= 0.6 is 0 Å². The maximum Gasteiger partial charge on any atom is 0.416 e. The molecule has 1 heterocycles. The van der Waals surface area contributed by atoms with Crippen molar-refractivity contribution in [1.82, 2.24) is 10.2 Å². The highest BCUT2D eigenvalue weighted by Crippen LogP contribution is 2.34. The highest BCUT2D eigenvalue weighted by atomic mass is 32.2.